The molecule has 128 valence electrons. The molecule has 1 aromatic carbocycles. The first-order valence-electron chi connectivity index (χ1n) is 7.17. The zero-order chi connectivity index (χ0) is 17.0. The molecule has 0 saturated carbocycles. The number of carbonyl (C=O) groups is 1. The second-order valence-electron chi connectivity index (χ2n) is 5.34. The van der Waals surface area contributed by atoms with Crippen LogP contribution in [0.3, 0.4) is 0 Å². The van der Waals surface area contributed by atoms with Crippen LogP contribution in [0.1, 0.15) is 5.56 Å². The lowest BCUT2D eigenvalue weighted by Gasteiger charge is -2.39. The maximum absolute atomic E-state index is 11.9. The molecule has 1 aliphatic heterocycles. The van der Waals surface area contributed by atoms with Crippen LogP contribution in [0.25, 0.3) is 0 Å². The summed E-state index contributed by atoms with van der Waals surface area (Å²) < 4.78 is 9.88. The molecule has 1 fully saturated rings. The van der Waals surface area contributed by atoms with E-state index in [-0.39, 0.29) is 6.42 Å². The fourth-order valence-corrected chi connectivity index (χ4v) is 2.28. The predicted molar refractivity (Wildman–Crippen MR) is 76.0 cm³/mol. The summed E-state index contributed by atoms with van der Waals surface area (Å²) in [6.45, 7) is -0.633. The van der Waals surface area contributed by atoms with Gasteiger partial charge in [-0.05, 0) is 5.56 Å². The van der Waals surface area contributed by atoms with Gasteiger partial charge in [-0.15, -0.1) is 0 Å². The lowest BCUT2D eigenvalue weighted by atomic mass is 9.99. The van der Waals surface area contributed by atoms with Crippen molar-refractivity contribution in [2.45, 2.75) is 43.2 Å². The molecule has 23 heavy (non-hydrogen) atoms. The van der Waals surface area contributed by atoms with E-state index in [9.17, 15) is 25.2 Å². The minimum atomic E-state index is -1.69. The molecule has 0 aliphatic carbocycles. The Labute approximate surface area is 132 Å². The number of ether oxygens (including phenoxy) is 2. The van der Waals surface area contributed by atoms with E-state index < -0.39 is 49.4 Å². The number of hydrogen-bond donors (Lipinski definition) is 5. The molecular weight excluding hydrogens is 308 g/mol. The number of carbonyl (C=O) groups excluding carboxylic acids is 1. The molecular formula is C15H20O8. The number of aliphatic hydroxyl groups excluding tert-OH is 5. The molecule has 2 rings (SSSR count). The second kappa shape index (κ2) is 7.82. The number of benzene rings is 1. The highest BCUT2D eigenvalue weighted by Gasteiger charge is 2.45. The third-order valence-electron chi connectivity index (χ3n) is 3.62. The lowest BCUT2D eigenvalue weighted by molar-refractivity contribution is -0.294. The molecule has 1 saturated heterocycles. The fourth-order valence-electron chi connectivity index (χ4n) is 2.28. The second-order valence-corrected chi connectivity index (χ2v) is 5.34. The number of aliphatic hydroxyl groups is 5. The van der Waals surface area contributed by atoms with Gasteiger partial charge < -0.3 is 35.0 Å². The fraction of sp³-hybridized carbons (Fsp3) is 0.533. The van der Waals surface area contributed by atoms with Crippen molar-refractivity contribution in [1.29, 1.82) is 0 Å². The van der Waals surface area contributed by atoms with Crippen LogP contribution in [0.4, 0.5) is 0 Å². The van der Waals surface area contributed by atoms with E-state index in [0.29, 0.717) is 5.56 Å². The van der Waals surface area contributed by atoms with E-state index >= 15 is 0 Å². The van der Waals surface area contributed by atoms with E-state index in [0.717, 1.165) is 0 Å². The van der Waals surface area contributed by atoms with Crippen molar-refractivity contribution in [2.75, 3.05) is 6.61 Å². The van der Waals surface area contributed by atoms with Gasteiger partial charge in [-0.2, -0.15) is 0 Å². The van der Waals surface area contributed by atoms with Gasteiger partial charge in [0.15, 0.2) is 6.10 Å². The van der Waals surface area contributed by atoms with E-state index in [4.69, 9.17) is 14.6 Å². The van der Waals surface area contributed by atoms with Gasteiger partial charge in [0.05, 0.1) is 6.61 Å². The number of rotatable bonds is 5. The molecule has 0 bridgehead atoms. The van der Waals surface area contributed by atoms with Gasteiger partial charge in [-0.25, -0.2) is 4.79 Å². The Morgan fingerprint density at radius 2 is 1.78 bits per heavy atom. The Morgan fingerprint density at radius 1 is 1.13 bits per heavy atom. The highest BCUT2D eigenvalue weighted by atomic mass is 16.7. The summed E-state index contributed by atoms with van der Waals surface area (Å²) >= 11 is 0. The Hall–Kier alpha value is -1.55. The number of hydrogen-bond acceptors (Lipinski definition) is 8. The lowest BCUT2D eigenvalue weighted by Crippen LogP contribution is -2.59. The minimum Gasteiger partial charge on any atom is -0.431 e. The summed E-state index contributed by atoms with van der Waals surface area (Å²) in [5, 5.41) is 47.9. The average molecular weight is 328 g/mol. The Morgan fingerprint density at radius 3 is 2.39 bits per heavy atom. The van der Waals surface area contributed by atoms with Crippen molar-refractivity contribution in [3.8, 4) is 0 Å². The van der Waals surface area contributed by atoms with Gasteiger partial charge in [-0.3, -0.25) is 0 Å². The van der Waals surface area contributed by atoms with Crippen LogP contribution < -0.4 is 0 Å². The predicted octanol–water partition coefficient (Wildman–Crippen LogP) is -2.07. The van der Waals surface area contributed by atoms with Gasteiger partial charge in [0.1, 0.15) is 24.4 Å². The summed E-state index contributed by atoms with van der Waals surface area (Å²) in [5.74, 6) is -1.04. The van der Waals surface area contributed by atoms with Gasteiger partial charge >= 0.3 is 5.97 Å². The summed E-state index contributed by atoms with van der Waals surface area (Å²) in [7, 11) is 0. The molecule has 1 aliphatic rings. The highest BCUT2D eigenvalue weighted by molar-refractivity contribution is 5.74. The first-order valence-corrected chi connectivity index (χ1v) is 7.17. The van der Waals surface area contributed by atoms with Crippen LogP contribution >= 0.6 is 0 Å². The molecule has 1 aromatic rings. The Bertz CT molecular complexity index is 505. The molecule has 6 atom stereocenters. The van der Waals surface area contributed by atoms with Crippen molar-refractivity contribution in [1.82, 2.24) is 0 Å². The number of esters is 1. The van der Waals surface area contributed by atoms with Gasteiger partial charge in [0, 0.05) is 6.42 Å². The zero-order valence-electron chi connectivity index (χ0n) is 12.2. The molecule has 0 amide bonds. The van der Waals surface area contributed by atoms with Crippen LogP contribution in [0.15, 0.2) is 30.3 Å². The van der Waals surface area contributed by atoms with E-state index in [1.807, 2.05) is 0 Å². The maximum Gasteiger partial charge on any atom is 0.337 e. The highest BCUT2D eigenvalue weighted by Crippen LogP contribution is 2.22. The van der Waals surface area contributed by atoms with Crippen LogP contribution in [-0.2, 0) is 20.7 Å². The van der Waals surface area contributed by atoms with Crippen LogP contribution in [-0.4, -0.2) is 74.9 Å². The molecule has 0 spiro atoms. The summed E-state index contributed by atoms with van der Waals surface area (Å²) in [4.78, 5) is 11.9. The van der Waals surface area contributed by atoms with E-state index in [1.165, 1.54) is 0 Å². The molecule has 0 unspecified atom stereocenters. The van der Waals surface area contributed by atoms with Gasteiger partial charge in [0.25, 0.3) is 0 Å². The summed E-state index contributed by atoms with van der Waals surface area (Å²) in [6.07, 6.45) is -9.13. The third-order valence-corrected chi connectivity index (χ3v) is 3.62. The van der Waals surface area contributed by atoms with Gasteiger partial charge in [0.2, 0.25) is 6.29 Å². The molecule has 1 heterocycles. The van der Waals surface area contributed by atoms with Crippen molar-refractivity contribution in [2.24, 2.45) is 0 Å². The van der Waals surface area contributed by atoms with Crippen molar-refractivity contribution in [3.63, 3.8) is 0 Å². The van der Waals surface area contributed by atoms with E-state index in [2.05, 4.69) is 0 Å². The maximum atomic E-state index is 11.9. The summed E-state index contributed by atoms with van der Waals surface area (Å²) in [6, 6.07) is 8.76. The standard InChI is InChI=1S/C15H20O8/c16-7-10-11(18)12(19)13(20)15(22-10)23-14(21)9(17)6-8-4-2-1-3-5-8/h1-5,9-13,15-20H,6-7H2/t9-,10-,11-,12+,13-,15+/m1/s1. The first-order chi connectivity index (χ1) is 10.9. The SMILES string of the molecule is O=C(O[C@@H]1O[C@H](CO)[C@@H](O)[C@H](O)[C@H]1O)[C@H](O)Cc1ccccc1. The van der Waals surface area contributed by atoms with Gasteiger partial charge in [-0.1, -0.05) is 30.3 Å². The van der Waals surface area contributed by atoms with Crippen molar-refractivity contribution < 1.29 is 39.8 Å². The Kier molecular flexibility index (Phi) is 6.05. The monoisotopic (exact) mass is 328 g/mol. The van der Waals surface area contributed by atoms with Crippen molar-refractivity contribution >= 4 is 5.97 Å². The topological polar surface area (TPSA) is 137 Å². The third kappa shape index (κ3) is 4.25. The van der Waals surface area contributed by atoms with Crippen LogP contribution in [0, 0.1) is 0 Å². The zero-order valence-corrected chi connectivity index (χ0v) is 12.2. The molecule has 0 radical (unpaired) electrons. The van der Waals surface area contributed by atoms with E-state index in [1.54, 1.807) is 30.3 Å². The molecule has 0 aromatic heterocycles. The quantitative estimate of drug-likeness (QED) is 0.389. The van der Waals surface area contributed by atoms with Crippen LogP contribution in [0.2, 0.25) is 0 Å². The smallest absolute Gasteiger partial charge is 0.337 e. The summed E-state index contributed by atoms with van der Waals surface area (Å²) in [5.41, 5.74) is 0.714. The largest absolute Gasteiger partial charge is 0.431 e. The van der Waals surface area contributed by atoms with Crippen molar-refractivity contribution in [3.05, 3.63) is 35.9 Å². The molecule has 5 N–H and O–H groups in total. The molecule has 8 heteroatoms. The minimum absolute atomic E-state index is 0.0110. The first kappa shape index (κ1) is 17.8. The average Bonchev–Trinajstić information content (AvgIpc) is 2.56. The Balaban J connectivity index is 1.95. The molecule has 8 nitrogen and oxygen atoms in total. The van der Waals surface area contributed by atoms with Crippen LogP contribution in [0.5, 0.6) is 0 Å². The normalized spacial score (nSPS) is 32.3.